The third kappa shape index (κ3) is 5.86. The van der Waals surface area contributed by atoms with Crippen molar-refractivity contribution in [2.24, 2.45) is 0 Å². The molecule has 2 heterocycles. The standard InChI is InChI=1S/C67H44N2/c1-3-19-45(20-4-1)47-35-39-49(40-36-47)52-23-9-15-31-62(52)68(63-32-16-10-24-53(63)50-41-37-48(38-42-50)46-21-5-2-6-22-46)51-43-57-56-27-11-17-33-64(56)69-65-34-18-14-30-60(65)67(61(44-51)66(57)69)58-28-12-7-25-54(58)55-26-8-13-29-59(55)67/h1-44H. The largest absolute Gasteiger partial charge is 0.309 e. The lowest BCUT2D eigenvalue weighted by molar-refractivity contribution is 0.748. The number of fused-ring (bicyclic) bond motifs is 12. The summed E-state index contributed by atoms with van der Waals surface area (Å²) in [7, 11) is 0. The summed E-state index contributed by atoms with van der Waals surface area (Å²) in [5, 5.41) is 2.46. The quantitative estimate of drug-likeness (QED) is 0.155. The Balaban J connectivity index is 1.08. The van der Waals surface area contributed by atoms with Gasteiger partial charge in [-0.3, -0.25) is 0 Å². The van der Waals surface area contributed by atoms with Gasteiger partial charge in [-0.05, 0) is 103 Å². The minimum Gasteiger partial charge on any atom is -0.309 e. The summed E-state index contributed by atoms with van der Waals surface area (Å²) in [6.45, 7) is 0. The van der Waals surface area contributed by atoms with Crippen molar-refractivity contribution in [3.63, 3.8) is 0 Å². The van der Waals surface area contributed by atoms with Crippen LogP contribution in [0.4, 0.5) is 17.1 Å². The fourth-order valence-electron chi connectivity index (χ4n) is 11.9. The number of rotatable bonds is 7. The van der Waals surface area contributed by atoms with Crippen molar-refractivity contribution in [3.05, 3.63) is 289 Å². The molecular formula is C67H44N2. The Bertz CT molecular complexity index is 3770. The van der Waals surface area contributed by atoms with Crippen LogP contribution in [0.15, 0.2) is 267 Å². The molecule has 1 aliphatic carbocycles. The Hall–Kier alpha value is -8.98. The molecule has 1 spiro atoms. The van der Waals surface area contributed by atoms with Crippen molar-refractivity contribution < 1.29 is 0 Å². The topological polar surface area (TPSA) is 8.17 Å². The maximum absolute atomic E-state index is 2.55. The van der Waals surface area contributed by atoms with Crippen molar-refractivity contribution in [3.8, 4) is 61.3 Å². The van der Waals surface area contributed by atoms with Crippen molar-refractivity contribution in [1.82, 2.24) is 4.57 Å². The smallest absolute Gasteiger partial charge is 0.0755 e. The molecule has 69 heavy (non-hydrogen) atoms. The van der Waals surface area contributed by atoms with Gasteiger partial charge >= 0.3 is 0 Å². The molecule has 2 nitrogen and oxygen atoms in total. The van der Waals surface area contributed by atoms with E-state index >= 15 is 0 Å². The predicted molar refractivity (Wildman–Crippen MR) is 288 cm³/mol. The zero-order valence-corrected chi connectivity index (χ0v) is 37.8. The van der Waals surface area contributed by atoms with Gasteiger partial charge in [0.2, 0.25) is 0 Å². The number of nitrogens with zero attached hydrogens (tertiary/aromatic N) is 2. The lowest BCUT2D eigenvalue weighted by Gasteiger charge is -2.40. The third-order valence-electron chi connectivity index (χ3n) is 14.8. The number of para-hydroxylation sites is 4. The number of aromatic nitrogens is 1. The first-order valence-corrected chi connectivity index (χ1v) is 23.9. The molecule has 1 aliphatic heterocycles. The molecule has 0 radical (unpaired) electrons. The van der Waals surface area contributed by atoms with E-state index in [1.165, 1.54) is 83.1 Å². The van der Waals surface area contributed by atoms with E-state index in [0.29, 0.717) is 0 Å². The van der Waals surface area contributed by atoms with E-state index in [2.05, 4.69) is 276 Å². The highest BCUT2D eigenvalue weighted by molar-refractivity contribution is 6.14. The molecule has 14 rings (SSSR count). The first-order valence-electron chi connectivity index (χ1n) is 23.9. The number of hydrogen-bond donors (Lipinski definition) is 0. The van der Waals surface area contributed by atoms with Gasteiger partial charge in [-0.25, -0.2) is 0 Å². The third-order valence-corrected chi connectivity index (χ3v) is 14.8. The van der Waals surface area contributed by atoms with Crippen LogP contribution in [0.25, 0.3) is 83.1 Å². The second-order valence-corrected chi connectivity index (χ2v) is 18.4. The Morgan fingerprint density at radius 2 is 0.710 bits per heavy atom. The summed E-state index contributed by atoms with van der Waals surface area (Å²) < 4.78 is 2.54. The van der Waals surface area contributed by atoms with Gasteiger partial charge in [-0.1, -0.05) is 231 Å². The average Bonchev–Trinajstić information content (AvgIpc) is 3.92. The molecule has 0 saturated heterocycles. The molecule has 0 saturated carbocycles. The summed E-state index contributed by atoms with van der Waals surface area (Å²) in [4.78, 5) is 2.55. The van der Waals surface area contributed by atoms with Crippen LogP contribution >= 0.6 is 0 Å². The predicted octanol–water partition coefficient (Wildman–Crippen LogP) is 17.6. The van der Waals surface area contributed by atoms with Crippen LogP contribution < -0.4 is 4.90 Å². The molecule has 322 valence electrons. The number of anilines is 3. The van der Waals surface area contributed by atoms with Crippen LogP contribution in [-0.2, 0) is 5.41 Å². The fraction of sp³-hybridized carbons (Fsp3) is 0.0149. The van der Waals surface area contributed by atoms with Gasteiger partial charge in [0.05, 0.1) is 33.5 Å². The molecule has 2 heteroatoms. The number of hydrogen-bond acceptors (Lipinski definition) is 1. The van der Waals surface area contributed by atoms with Gasteiger partial charge in [-0.15, -0.1) is 0 Å². The molecule has 12 aromatic rings. The first-order chi connectivity index (χ1) is 34.3. The minimum absolute atomic E-state index is 0.590. The monoisotopic (exact) mass is 876 g/mol. The summed E-state index contributed by atoms with van der Waals surface area (Å²) in [5.74, 6) is 0. The van der Waals surface area contributed by atoms with E-state index in [0.717, 1.165) is 39.3 Å². The van der Waals surface area contributed by atoms with E-state index in [1.807, 2.05) is 0 Å². The van der Waals surface area contributed by atoms with E-state index in [1.54, 1.807) is 0 Å². The van der Waals surface area contributed by atoms with Crippen molar-refractivity contribution in [1.29, 1.82) is 0 Å². The van der Waals surface area contributed by atoms with E-state index in [4.69, 9.17) is 0 Å². The molecule has 0 amide bonds. The van der Waals surface area contributed by atoms with E-state index in [-0.39, 0.29) is 0 Å². The summed E-state index contributed by atoms with van der Waals surface area (Å²) in [5.41, 5.74) is 23.6. The fourth-order valence-corrected chi connectivity index (χ4v) is 11.9. The van der Waals surface area contributed by atoms with Crippen LogP contribution in [0.5, 0.6) is 0 Å². The highest BCUT2D eigenvalue weighted by Gasteiger charge is 2.51. The summed E-state index contributed by atoms with van der Waals surface area (Å²) in [6.07, 6.45) is 0. The molecule has 11 aromatic carbocycles. The normalized spacial score (nSPS) is 12.8. The van der Waals surface area contributed by atoms with Gasteiger partial charge in [0, 0.05) is 27.6 Å². The lowest BCUT2D eigenvalue weighted by atomic mass is 9.65. The van der Waals surface area contributed by atoms with Gasteiger partial charge in [0.25, 0.3) is 0 Å². The van der Waals surface area contributed by atoms with Gasteiger partial charge in [0.15, 0.2) is 0 Å². The molecule has 0 N–H and O–H groups in total. The molecule has 0 bridgehead atoms. The van der Waals surface area contributed by atoms with Crippen LogP contribution in [0.1, 0.15) is 22.3 Å². The van der Waals surface area contributed by atoms with Crippen molar-refractivity contribution in [2.45, 2.75) is 5.41 Å². The molecular weight excluding hydrogens is 833 g/mol. The zero-order chi connectivity index (χ0) is 45.5. The van der Waals surface area contributed by atoms with Gasteiger partial charge < -0.3 is 9.47 Å². The van der Waals surface area contributed by atoms with Gasteiger partial charge in [-0.2, -0.15) is 0 Å². The van der Waals surface area contributed by atoms with Gasteiger partial charge in [0.1, 0.15) is 0 Å². The maximum Gasteiger partial charge on any atom is 0.0755 e. The second-order valence-electron chi connectivity index (χ2n) is 18.4. The molecule has 2 aliphatic rings. The van der Waals surface area contributed by atoms with Crippen LogP contribution in [0, 0.1) is 0 Å². The number of benzene rings is 11. The first kappa shape index (κ1) is 39.2. The zero-order valence-electron chi connectivity index (χ0n) is 37.8. The summed E-state index contributed by atoms with van der Waals surface area (Å²) >= 11 is 0. The Morgan fingerprint density at radius 1 is 0.290 bits per heavy atom. The van der Waals surface area contributed by atoms with Crippen LogP contribution in [0.3, 0.4) is 0 Å². The Kier molecular flexibility index (Phi) is 8.84. The van der Waals surface area contributed by atoms with Crippen molar-refractivity contribution >= 4 is 38.9 Å². The molecule has 1 aromatic heterocycles. The second kappa shape index (κ2) is 15.6. The Morgan fingerprint density at radius 3 is 1.28 bits per heavy atom. The maximum atomic E-state index is 2.55. The van der Waals surface area contributed by atoms with E-state index < -0.39 is 5.41 Å². The average molecular weight is 877 g/mol. The molecule has 0 atom stereocenters. The highest BCUT2D eigenvalue weighted by atomic mass is 15.1. The lowest BCUT2D eigenvalue weighted by Crippen LogP contribution is -2.33. The molecule has 0 unspecified atom stereocenters. The minimum atomic E-state index is -0.590. The van der Waals surface area contributed by atoms with E-state index in [9.17, 15) is 0 Å². The highest BCUT2D eigenvalue weighted by Crippen LogP contribution is 2.62. The van der Waals surface area contributed by atoms with Crippen LogP contribution in [-0.4, -0.2) is 4.57 Å². The van der Waals surface area contributed by atoms with Crippen molar-refractivity contribution in [2.75, 3.05) is 4.90 Å². The summed E-state index contributed by atoms with van der Waals surface area (Å²) in [6, 6.07) is 98.8. The van der Waals surface area contributed by atoms with Crippen LogP contribution in [0.2, 0.25) is 0 Å². The SMILES string of the molecule is c1ccc(-c2ccc(-c3ccccc3N(c3cc4c5c(c3)c3ccccc3n5-c3ccccc3C43c4ccccc4-c4ccccc43)c3ccccc3-c3ccc(-c4ccccc4)cc3)cc2)cc1. The Labute approximate surface area is 402 Å². The molecule has 0 fully saturated rings.